The van der Waals surface area contributed by atoms with Crippen LogP contribution in [0.25, 0.3) is 11.3 Å². The van der Waals surface area contributed by atoms with Crippen LogP contribution in [0.4, 0.5) is 5.69 Å². The number of H-pyrrole nitrogens is 1. The predicted octanol–water partition coefficient (Wildman–Crippen LogP) is 3.07. The van der Waals surface area contributed by atoms with Crippen LogP contribution in [0.15, 0.2) is 30.7 Å². The summed E-state index contributed by atoms with van der Waals surface area (Å²) in [4.78, 5) is 31.2. The van der Waals surface area contributed by atoms with Crippen LogP contribution in [0.2, 0.25) is 10.0 Å². The van der Waals surface area contributed by atoms with E-state index in [1.54, 1.807) is 17.0 Å². The van der Waals surface area contributed by atoms with E-state index < -0.39 is 0 Å². The number of hydrogen-bond donors (Lipinski definition) is 2. The van der Waals surface area contributed by atoms with Gasteiger partial charge in [-0.25, -0.2) is 4.98 Å². The van der Waals surface area contributed by atoms with Gasteiger partial charge in [-0.3, -0.25) is 14.7 Å². The smallest absolute Gasteiger partial charge is 0.274 e. The number of anilines is 1. The Labute approximate surface area is 193 Å². The summed E-state index contributed by atoms with van der Waals surface area (Å²) in [6.45, 7) is 0.872. The van der Waals surface area contributed by atoms with Gasteiger partial charge in [0.15, 0.2) is 5.69 Å². The largest absolute Gasteiger partial charge is 0.481 e. The molecule has 166 valence electrons. The van der Waals surface area contributed by atoms with E-state index in [0.717, 1.165) is 0 Å². The first-order valence-electron chi connectivity index (χ1n) is 9.78. The number of pyridine rings is 1. The van der Waals surface area contributed by atoms with E-state index >= 15 is 0 Å². The molecule has 1 aliphatic heterocycles. The Morgan fingerprint density at radius 2 is 1.88 bits per heavy atom. The van der Waals surface area contributed by atoms with Crippen molar-refractivity contribution in [2.24, 2.45) is 5.92 Å². The van der Waals surface area contributed by atoms with Crippen molar-refractivity contribution >= 4 is 40.7 Å². The minimum atomic E-state index is -0.235. The standard InChI is InChI=1S/C20H19Cl2N7O3/c1-32-18-6-12(13(21)8-23-18)15-7-16(28-27-15)20(31)29-4-2-11(3-5-29)19(30)26-17-10-25-24-9-14(17)22/h6-11H,2-5H2,1H3,(H,27,28)(H,24,26,30). The van der Waals surface area contributed by atoms with Crippen molar-refractivity contribution in [1.82, 2.24) is 30.3 Å². The van der Waals surface area contributed by atoms with Crippen molar-refractivity contribution in [3.8, 4) is 17.1 Å². The Hall–Kier alpha value is -3.24. The van der Waals surface area contributed by atoms with E-state index in [1.165, 1.54) is 25.7 Å². The molecule has 12 heteroatoms. The summed E-state index contributed by atoms with van der Waals surface area (Å²) in [6.07, 6.45) is 5.30. The maximum Gasteiger partial charge on any atom is 0.274 e. The van der Waals surface area contributed by atoms with Gasteiger partial charge < -0.3 is 15.0 Å². The van der Waals surface area contributed by atoms with Gasteiger partial charge in [-0.2, -0.15) is 15.3 Å². The number of piperidine rings is 1. The molecule has 2 amide bonds. The molecule has 0 bridgehead atoms. The van der Waals surface area contributed by atoms with Gasteiger partial charge in [-0.1, -0.05) is 23.2 Å². The second kappa shape index (κ2) is 9.49. The number of halogens is 2. The number of carbonyl (C=O) groups excluding carboxylic acids is 2. The molecule has 1 fully saturated rings. The van der Waals surface area contributed by atoms with E-state index in [4.69, 9.17) is 27.9 Å². The monoisotopic (exact) mass is 475 g/mol. The highest BCUT2D eigenvalue weighted by atomic mass is 35.5. The van der Waals surface area contributed by atoms with Gasteiger partial charge in [-0.15, -0.1) is 0 Å². The number of aromatic amines is 1. The molecule has 10 nitrogen and oxygen atoms in total. The van der Waals surface area contributed by atoms with Gasteiger partial charge in [0.1, 0.15) is 0 Å². The minimum Gasteiger partial charge on any atom is -0.481 e. The molecule has 0 radical (unpaired) electrons. The molecule has 0 aromatic carbocycles. The summed E-state index contributed by atoms with van der Waals surface area (Å²) in [5.41, 5.74) is 1.89. The zero-order valence-electron chi connectivity index (χ0n) is 17.0. The summed E-state index contributed by atoms with van der Waals surface area (Å²) in [5, 5.41) is 17.9. The molecule has 4 heterocycles. The Morgan fingerprint density at radius 1 is 1.12 bits per heavy atom. The van der Waals surface area contributed by atoms with Crippen LogP contribution in [0.1, 0.15) is 23.3 Å². The molecule has 1 aliphatic rings. The number of likely N-dealkylation sites (tertiary alicyclic amines) is 1. The Morgan fingerprint density at radius 3 is 2.59 bits per heavy atom. The third-order valence-electron chi connectivity index (χ3n) is 5.22. The van der Waals surface area contributed by atoms with Crippen molar-refractivity contribution < 1.29 is 14.3 Å². The number of aromatic nitrogens is 5. The molecule has 2 N–H and O–H groups in total. The minimum absolute atomic E-state index is 0.157. The Balaban J connectivity index is 1.38. The molecular weight excluding hydrogens is 457 g/mol. The summed E-state index contributed by atoms with van der Waals surface area (Å²) in [7, 11) is 1.51. The average Bonchev–Trinajstić information content (AvgIpc) is 3.30. The molecule has 0 atom stereocenters. The molecular formula is C20H19Cl2N7O3. The third kappa shape index (κ3) is 4.66. The number of methoxy groups -OCH3 is 1. The maximum absolute atomic E-state index is 12.9. The molecule has 0 aliphatic carbocycles. The molecule has 4 rings (SSSR count). The molecule has 3 aromatic rings. The molecule has 32 heavy (non-hydrogen) atoms. The molecule has 0 saturated carbocycles. The normalized spacial score (nSPS) is 14.3. The van der Waals surface area contributed by atoms with Gasteiger partial charge in [0.25, 0.3) is 5.91 Å². The number of amides is 2. The van der Waals surface area contributed by atoms with Crippen LogP contribution in [0.5, 0.6) is 5.88 Å². The fraction of sp³-hybridized carbons (Fsp3) is 0.300. The number of ether oxygens (including phenoxy) is 1. The first-order chi connectivity index (χ1) is 15.5. The van der Waals surface area contributed by atoms with Crippen LogP contribution < -0.4 is 10.1 Å². The lowest BCUT2D eigenvalue weighted by Crippen LogP contribution is -2.41. The van der Waals surface area contributed by atoms with Crippen molar-refractivity contribution in [3.63, 3.8) is 0 Å². The molecule has 3 aromatic heterocycles. The van der Waals surface area contributed by atoms with Crippen molar-refractivity contribution in [2.75, 3.05) is 25.5 Å². The molecule has 0 unspecified atom stereocenters. The van der Waals surface area contributed by atoms with Gasteiger partial charge in [0.05, 0.1) is 47.1 Å². The van der Waals surface area contributed by atoms with Crippen LogP contribution in [0.3, 0.4) is 0 Å². The first-order valence-corrected chi connectivity index (χ1v) is 10.5. The van der Waals surface area contributed by atoms with Gasteiger partial charge >= 0.3 is 0 Å². The average molecular weight is 476 g/mol. The lowest BCUT2D eigenvalue weighted by atomic mass is 9.95. The van der Waals surface area contributed by atoms with Crippen LogP contribution in [0, 0.1) is 5.92 Å². The fourth-order valence-corrected chi connectivity index (χ4v) is 3.79. The zero-order valence-corrected chi connectivity index (χ0v) is 18.5. The zero-order chi connectivity index (χ0) is 22.7. The maximum atomic E-state index is 12.9. The van der Waals surface area contributed by atoms with Crippen molar-refractivity contribution in [1.29, 1.82) is 0 Å². The molecule has 0 spiro atoms. The Kier molecular flexibility index (Phi) is 6.52. The van der Waals surface area contributed by atoms with E-state index in [2.05, 4.69) is 30.7 Å². The van der Waals surface area contributed by atoms with E-state index in [9.17, 15) is 9.59 Å². The van der Waals surface area contributed by atoms with Crippen LogP contribution >= 0.6 is 23.2 Å². The van der Waals surface area contributed by atoms with Crippen molar-refractivity contribution in [2.45, 2.75) is 12.8 Å². The SMILES string of the molecule is COc1cc(-c2cc(C(=O)N3CCC(C(=O)Nc4cnncc4Cl)CC3)n[nH]2)c(Cl)cn1. The highest BCUT2D eigenvalue weighted by molar-refractivity contribution is 6.33. The number of carbonyl (C=O) groups is 2. The van der Waals surface area contributed by atoms with Gasteiger partial charge in [0.2, 0.25) is 11.8 Å². The summed E-state index contributed by atoms with van der Waals surface area (Å²) in [6, 6.07) is 3.30. The lowest BCUT2D eigenvalue weighted by Gasteiger charge is -2.30. The number of hydrogen-bond acceptors (Lipinski definition) is 7. The summed E-state index contributed by atoms with van der Waals surface area (Å²) in [5.74, 6) is -0.211. The second-order valence-corrected chi connectivity index (χ2v) is 7.99. The molecule has 1 saturated heterocycles. The second-order valence-electron chi connectivity index (χ2n) is 7.18. The highest BCUT2D eigenvalue weighted by Gasteiger charge is 2.29. The fourth-order valence-electron chi connectivity index (χ4n) is 3.45. The summed E-state index contributed by atoms with van der Waals surface area (Å²) < 4.78 is 5.13. The van der Waals surface area contributed by atoms with Crippen LogP contribution in [-0.2, 0) is 4.79 Å². The number of nitrogens with zero attached hydrogens (tertiary/aromatic N) is 5. The van der Waals surface area contributed by atoms with Crippen molar-refractivity contribution in [3.05, 3.63) is 46.5 Å². The topological polar surface area (TPSA) is 126 Å². The van der Waals surface area contributed by atoms with Crippen LogP contribution in [-0.4, -0.2) is 62.3 Å². The first kappa shape index (κ1) is 22.0. The predicted molar refractivity (Wildman–Crippen MR) is 118 cm³/mol. The van der Waals surface area contributed by atoms with Gasteiger partial charge in [0, 0.05) is 30.6 Å². The summed E-state index contributed by atoms with van der Waals surface area (Å²) >= 11 is 12.2. The van der Waals surface area contributed by atoms with Gasteiger partial charge in [-0.05, 0) is 18.9 Å². The Bertz CT molecular complexity index is 1150. The number of rotatable bonds is 5. The quantitative estimate of drug-likeness (QED) is 0.580. The highest BCUT2D eigenvalue weighted by Crippen LogP contribution is 2.29. The third-order valence-corrected chi connectivity index (χ3v) is 5.82. The van der Waals surface area contributed by atoms with E-state index in [0.29, 0.717) is 58.8 Å². The number of nitrogens with one attached hydrogen (secondary N) is 2. The van der Waals surface area contributed by atoms with E-state index in [-0.39, 0.29) is 23.4 Å². The lowest BCUT2D eigenvalue weighted by molar-refractivity contribution is -0.121. The van der Waals surface area contributed by atoms with E-state index in [1.807, 2.05) is 0 Å².